The SMILES string of the molecule is COc1ccc(-c2csc(NC(=O)c3cccc(-n4cnnn4)c3)n2)cc1. The summed E-state index contributed by atoms with van der Waals surface area (Å²) in [6.07, 6.45) is 1.47. The van der Waals surface area contributed by atoms with E-state index >= 15 is 0 Å². The van der Waals surface area contributed by atoms with Crippen LogP contribution in [0.5, 0.6) is 5.75 Å². The van der Waals surface area contributed by atoms with Gasteiger partial charge in [-0.15, -0.1) is 16.4 Å². The highest BCUT2D eigenvalue weighted by Crippen LogP contribution is 2.26. The van der Waals surface area contributed by atoms with E-state index in [-0.39, 0.29) is 5.91 Å². The average molecular weight is 378 g/mol. The molecule has 0 bridgehead atoms. The summed E-state index contributed by atoms with van der Waals surface area (Å²) in [6, 6.07) is 14.6. The number of thiazole rings is 1. The summed E-state index contributed by atoms with van der Waals surface area (Å²) >= 11 is 1.37. The Labute approximate surface area is 158 Å². The van der Waals surface area contributed by atoms with Gasteiger partial charge in [-0.25, -0.2) is 9.67 Å². The van der Waals surface area contributed by atoms with E-state index in [9.17, 15) is 4.79 Å². The molecule has 134 valence electrons. The number of tetrazole rings is 1. The zero-order valence-electron chi connectivity index (χ0n) is 14.2. The Balaban J connectivity index is 1.50. The molecule has 0 atom stereocenters. The molecule has 0 spiro atoms. The number of nitrogens with one attached hydrogen (secondary N) is 1. The van der Waals surface area contributed by atoms with Gasteiger partial charge in [0.05, 0.1) is 18.5 Å². The second-order valence-corrected chi connectivity index (χ2v) is 6.38. The number of aromatic nitrogens is 5. The molecule has 8 nitrogen and oxygen atoms in total. The van der Waals surface area contributed by atoms with Crippen molar-refractivity contribution in [2.75, 3.05) is 12.4 Å². The molecule has 2 heterocycles. The highest BCUT2D eigenvalue weighted by Gasteiger charge is 2.11. The summed E-state index contributed by atoms with van der Waals surface area (Å²) in [5.41, 5.74) is 2.93. The Morgan fingerprint density at radius 3 is 2.78 bits per heavy atom. The Morgan fingerprint density at radius 2 is 2.04 bits per heavy atom. The molecule has 0 fully saturated rings. The third kappa shape index (κ3) is 3.67. The minimum absolute atomic E-state index is 0.249. The van der Waals surface area contributed by atoms with Crippen LogP contribution in [0.1, 0.15) is 10.4 Å². The first kappa shape index (κ1) is 16.9. The first-order valence-corrected chi connectivity index (χ1v) is 8.85. The third-order valence-corrected chi connectivity index (χ3v) is 4.59. The maximum atomic E-state index is 12.5. The molecule has 0 radical (unpaired) electrons. The largest absolute Gasteiger partial charge is 0.497 e. The van der Waals surface area contributed by atoms with E-state index in [2.05, 4.69) is 25.8 Å². The van der Waals surface area contributed by atoms with Crippen LogP contribution in [0.4, 0.5) is 5.13 Å². The molecular weight excluding hydrogens is 364 g/mol. The summed E-state index contributed by atoms with van der Waals surface area (Å²) in [4.78, 5) is 17.0. The van der Waals surface area contributed by atoms with Crippen molar-refractivity contribution in [3.63, 3.8) is 0 Å². The Bertz CT molecular complexity index is 1060. The van der Waals surface area contributed by atoms with Crippen molar-refractivity contribution in [1.29, 1.82) is 0 Å². The predicted octanol–water partition coefficient (Wildman–Crippen LogP) is 3.05. The van der Waals surface area contributed by atoms with E-state index in [1.54, 1.807) is 25.3 Å². The number of hydrogen-bond acceptors (Lipinski definition) is 7. The maximum absolute atomic E-state index is 12.5. The second kappa shape index (κ2) is 7.34. The zero-order valence-corrected chi connectivity index (χ0v) is 15.1. The second-order valence-electron chi connectivity index (χ2n) is 5.53. The molecule has 0 saturated heterocycles. The summed E-state index contributed by atoms with van der Waals surface area (Å²) in [7, 11) is 1.62. The average Bonchev–Trinajstić information content (AvgIpc) is 3.40. The standard InChI is InChI=1S/C18H14N6O2S/c1-26-15-7-5-12(6-8-15)16-10-27-18(20-16)21-17(25)13-3-2-4-14(9-13)24-11-19-22-23-24/h2-11H,1H3,(H,20,21,25). The van der Waals surface area contributed by atoms with Gasteiger partial charge in [0, 0.05) is 16.5 Å². The number of benzene rings is 2. The molecule has 0 unspecified atom stereocenters. The fraction of sp³-hybridized carbons (Fsp3) is 0.0556. The smallest absolute Gasteiger partial charge is 0.257 e. The summed E-state index contributed by atoms with van der Waals surface area (Å²) in [6.45, 7) is 0. The van der Waals surface area contributed by atoms with Gasteiger partial charge in [-0.05, 0) is 52.9 Å². The van der Waals surface area contributed by atoms with Crippen LogP contribution in [0.2, 0.25) is 0 Å². The quantitative estimate of drug-likeness (QED) is 0.574. The van der Waals surface area contributed by atoms with Gasteiger partial charge in [-0.1, -0.05) is 6.07 Å². The van der Waals surface area contributed by atoms with Gasteiger partial charge >= 0.3 is 0 Å². The van der Waals surface area contributed by atoms with Crippen molar-refractivity contribution in [2.45, 2.75) is 0 Å². The predicted molar refractivity (Wildman–Crippen MR) is 101 cm³/mol. The minimum atomic E-state index is -0.249. The fourth-order valence-electron chi connectivity index (χ4n) is 2.46. The van der Waals surface area contributed by atoms with Crippen molar-refractivity contribution in [3.05, 3.63) is 65.8 Å². The van der Waals surface area contributed by atoms with E-state index in [4.69, 9.17) is 4.74 Å². The lowest BCUT2D eigenvalue weighted by Crippen LogP contribution is -2.12. The van der Waals surface area contributed by atoms with Crippen LogP contribution in [0.15, 0.2) is 60.2 Å². The van der Waals surface area contributed by atoms with Gasteiger partial charge in [-0.2, -0.15) is 0 Å². The number of rotatable bonds is 5. The topological polar surface area (TPSA) is 94.8 Å². The lowest BCUT2D eigenvalue weighted by Gasteiger charge is -2.04. The molecule has 4 aromatic rings. The normalized spacial score (nSPS) is 10.6. The Hall–Kier alpha value is -3.59. The molecule has 0 aliphatic carbocycles. The van der Waals surface area contributed by atoms with Crippen molar-refractivity contribution in [2.24, 2.45) is 0 Å². The monoisotopic (exact) mass is 378 g/mol. The minimum Gasteiger partial charge on any atom is -0.497 e. The van der Waals surface area contributed by atoms with Crippen LogP contribution in [0, 0.1) is 0 Å². The van der Waals surface area contributed by atoms with Crippen molar-refractivity contribution >= 4 is 22.4 Å². The van der Waals surface area contributed by atoms with E-state index in [0.29, 0.717) is 16.4 Å². The number of hydrogen-bond donors (Lipinski definition) is 1. The number of carbonyl (C=O) groups excluding carboxylic acids is 1. The Kier molecular flexibility index (Phi) is 4.58. The molecular formula is C18H14N6O2S. The van der Waals surface area contributed by atoms with Crippen LogP contribution in [0.3, 0.4) is 0 Å². The Morgan fingerprint density at radius 1 is 1.19 bits per heavy atom. The molecule has 1 N–H and O–H groups in total. The molecule has 0 aliphatic rings. The molecule has 0 aliphatic heterocycles. The molecule has 9 heteroatoms. The lowest BCUT2D eigenvalue weighted by atomic mass is 10.2. The van der Waals surface area contributed by atoms with Crippen LogP contribution in [-0.4, -0.2) is 38.2 Å². The number of ether oxygens (including phenoxy) is 1. The van der Waals surface area contributed by atoms with Gasteiger partial charge in [0.2, 0.25) is 0 Å². The van der Waals surface area contributed by atoms with E-state index in [1.165, 1.54) is 22.3 Å². The third-order valence-electron chi connectivity index (χ3n) is 3.83. The summed E-state index contributed by atoms with van der Waals surface area (Å²) in [5.74, 6) is 0.533. The van der Waals surface area contributed by atoms with Crippen LogP contribution in [-0.2, 0) is 0 Å². The van der Waals surface area contributed by atoms with Crippen molar-refractivity contribution in [1.82, 2.24) is 25.2 Å². The summed E-state index contributed by atoms with van der Waals surface area (Å²) in [5, 5.41) is 16.3. The molecule has 0 saturated carbocycles. The van der Waals surface area contributed by atoms with Crippen LogP contribution >= 0.6 is 11.3 Å². The highest BCUT2D eigenvalue weighted by molar-refractivity contribution is 7.14. The van der Waals surface area contributed by atoms with E-state index in [0.717, 1.165) is 17.0 Å². The van der Waals surface area contributed by atoms with Crippen molar-refractivity contribution < 1.29 is 9.53 Å². The number of carbonyl (C=O) groups is 1. The highest BCUT2D eigenvalue weighted by atomic mass is 32.1. The molecule has 1 amide bonds. The summed E-state index contributed by atoms with van der Waals surface area (Å²) < 4.78 is 6.65. The van der Waals surface area contributed by atoms with Gasteiger partial charge in [0.15, 0.2) is 5.13 Å². The molecule has 2 aromatic carbocycles. The number of nitrogens with zero attached hydrogens (tertiary/aromatic N) is 5. The first-order valence-electron chi connectivity index (χ1n) is 7.97. The number of methoxy groups -OCH3 is 1. The number of amides is 1. The van der Waals surface area contributed by atoms with Crippen LogP contribution < -0.4 is 10.1 Å². The van der Waals surface area contributed by atoms with E-state index < -0.39 is 0 Å². The maximum Gasteiger partial charge on any atom is 0.257 e. The van der Waals surface area contributed by atoms with Crippen molar-refractivity contribution in [3.8, 4) is 22.7 Å². The van der Waals surface area contributed by atoms with Gasteiger partial charge in [0.25, 0.3) is 5.91 Å². The fourth-order valence-corrected chi connectivity index (χ4v) is 3.18. The molecule has 4 rings (SSSR count). The molecule has 2 aromatic heterocycles. The zero-order chi connectivity index (χ0) is 18.6. The van der Waals surface area contributed by atoms with Crippen LogP contribution in [0.25, 0.3) is 16.9 Å². The number of anilines is 1. The van der Waals surface area contributed by atoms with Gasteiger partial charge < -0.3 is 4.74 Å². The van der Waals surface area contributed by atoms with E-state index in [1.807, 2.05) is 35.7 Å². The van der Waals surface area contributed by atoms with Gasteiger partial charge in [-0.3, -0.25) is 10.1 Å². The first-order chi connectivity index (χ1) is 13.2. The molecule has 27 heavy (non-hydrogen) atoms. The van der Waals surface area contributed by atoms with Gasteiger partial charge in [0.1, 0.15) is 12.1 Å². The lowest BCUT2D eigenvalue weighted by molar-refractivity contribution is 0.102.